The van der Waals surface area contributed by atoms with Gasteiger partial charge in [0.2, 0.25) is 5.91 Å². The minimum Gasteiger partial charge on any atom is -0.497 e. The van der Waals surface area contributed by atoms with Crippen molar-refractivity contribution in [3.8, 4) is 11.8 Å². The second-order valence-electron chi connectivity index (χ2n) is 9.88. The average Bonchev–Trinajstić information content (AvgIpc) is 2.94. The van der Waals surface area contributed by atoms with Gasteiger partial charge in [-0.25, -0.2) is 4.39 Å². The van der Waals surface area contributed by atoms with Gasteiger partial charge in [-0.3, -0.25) is 4.79 Å². The molecule has 0 spiro atoms. The van der Waals surface area contributed by atoms with E-state index in [9.17, 15) is 9.18 Å². The number of halogens is 2. The summed E-state index contributed by atoms with van der Waals surface area (Å²) in [5.41, 5.74) is 1.25. The molecule has 2 heterocycles. The quantitative estimate of drug-likeness (QED) is 0.407. The van der Waals surface area contributed by atoms with E-state index in [0.29, 0.717) is 36.0 Å². The third kappa shape index (κ3) is 5.94. The molecule has 1 N–H and O–H groups in total. The normalized spacial score (nSPS) is 20.2. The molecule has 8 nitrogen and oxygen atoms in total. The summed E-state index contributed by atoms with van der Waals surface area (Å²) < 4.78 is 30.7. The molecule has 5 rings (SSSR count). The lowest BCUT2D eigenvalue weighted by Crippen LogP contribution is -2.44. The van der Waals surface area contributed by atoms with E-state index < -0.39 is 5.82 Å². The number of carbonyl (C=O) groups excluding carboxylic acids is 1. The number of hydrogen-bond donors (Lipinski definition) is 1. The van der Waals surface area contributed by atoms with Gasteiger partial charge in [-0.2, -0.15) is 9.97 Å². The number of methoxy groups -OCH3 is 1. The molecule has 1 saturated heterocycles. The number of fused-ring (bicyclic) bond motifs is 1. The second-order valence-corrected chi connectivity index (χ2v) is 10.3. The highest BCUT2D eigenvalue weighted by atomic mass is 35.5. The zero-order valence-corrected chi connectivity index (χ0v) is 22.3. The van der Waals surface area contributed by atoms with Gasteiger partial charge in [0, 0.05) is 49.4 Å². The maximum Gasteiger partial charge on any atom is 0.319 e. The zero-order valence-electron chi connectivity index (χ0n) is 21.6. The molecule has 0 bridgehead atoms. The number of ether oxygens (including phenoxy) is 3. The molecule has 2 aromatic carbocycles. The number of carbonyl (C=O) groups is 1. The Morgan fingerprint density at radius 3 is 2.55 bits per heavy atom. The molecule has 3 aromatic rings. The lowest BCUT2D eigenvalue weighted by Gasteiger charge is -2.36. The predicted molar refractivity (Wildman–Crippen MR) is 144 cm³/mol. The highest BCUT2D eigenvalue weighted by Gasteiger charge is 2.32. The van der Waals surface area contributed by atoms with Gasteiger partial charge < -0.3 is 24.4 Å². The van der Waals surface area contributed by atoms with Gasteiger partial charge in [0.1, 0.15) is 23.5 Å². The molecular formula is C28H32ClFN4O4. The topological polar surface area (TPSA) is 85.8 Å². The number of nitrogens with zero attached hydrogens (tertiary/aromatic N) is 3. The largest absolute Gasteiger partial charge is 0.497 e. The Morgan fingerprint density at radius 2 is 1.84 bits per heavy atom. The fourth-order valence-electron chi connectivity index (χ4n) is 5.19. The van der Waals surface area contributed by atoms with Crippen LogP contribution in [0.3, 0.4) is 0 Å². The highest BCUT2D eigenvalue weighted by Crippen LogP contribution is 2.32. The van der Waals surface area contributed by atoms with Gasteiger partial charge in [-0.05, 0) is 68.9 Å². The number of aromatic nitrogens is 2. The molecule has 0 atom stereocenters. The third-order valence-corrected chi connectivity index (χ3v) is 7.74. The van der Waals surface area contributed by atoms with Crippen molar-refractivity contribution in [2.45, 2.75) is 50.7 Å². The first-order chi connectivity index (χ1) is 18.4. The summed E-state index contributed by atoms with van der Waals surface area (Å²) >= 11 is 5.98. The molecule has 0 radical (unpaired) electrons. The van der Waals surface area contributed by atoms with Crippen LogP contribution in [0.4, 0.5) is 15.9 Å². The Bertz CT molecular complexity index is 1300. The van der Waals surface area contributed by atoms with Crippen LogP contribution >= 0.6 is 11.6 Å². The number of rotatable bonds is 7. The Hall–Kier alpha value is -3.17. The van der Waals surface area contributed by atoms with Crippen molar-refractivity contribution in [3.63, 3.8) is 0 Å². The van der Waals surface area contributed by atoms with E-state index in [0.717, 1.165) is 43.9 Å². The van der Waals surface area contributed by atoms with E-state index in [2.05, 4.69) is 15.3 Å². The van der Waals surface area contributed by atoms with Crippen LogP contribution in [0.25, 0.3) is 10.9 Å². The van der Waals surface area contributed by atoms with Crippen molar-refractivity contribution < 1.29 is 23.4 Å². The molecule has 1 aliphatic heterocycles. The van der Waals surface area contributed by atoms with Crippen LogP contribution in [0.2, 0.25) is 5.02 Å². The van der Waals surface area contributed by atoms with E-state index >= 15 is 0 Å². The van der Waals surface area contributed by atoms with Crippen LogP contribution in [0.1, 0.15) is 38.5 Å². The molecule has 1 amide bonds. The highest BCUT2D eigenvalue weighted by molar-refractivity contribution is 6.31. The lowest BCUT2D eigenvalue weighted by molar-refractivity contribution is -0.140. The molecule has 2 aliphatic rings. The summed E-state index contributed by atoms with van der Waals surface area (Å²) in [5.74, 6) is 0.976. The van der Waals surface area contributed by atoms with Crippen LogP contribution < -0.4 is 14.8 Å². The Kier molecular flexibility index (Phi) is 8.14. The minimum absolute atomic E-state index is 0.0172. The first-order valence-corrected chi connectivity index (χ1v) is 13.4. The van der Waals surface area contributed by atoms with Crippen molar-refractivity contribution in [2.24, 2.45) is 5.92 Å². The molecule has 202 valence electrons. The van der Waals surface area contributed by atoms with Gasteiger partial charge in [0.25, 0.3) is 0 Å². The van der Waals surface area contributed by atoms with Gasteiger partial charge in [0.05, 0.1) is 17.6 Å². The average molecular weight is 543 g/mol. The Labute approximate surface area is 226 Å². The molecule has 1 aliphatic carbocycles. The van der Waals surface area contributed by atoms with Crippen LogP contribution in [-0.2, 0) is 9.53 Å². The van der Waals surface area contributed by atoms with E-state index in [-0.39, 0.29) is 35.0 Å². The SMILES string of the molecule is COc1ccc2c(Nc3ccc(F)c(Cl)c3)nc(O[C@H]3CC[C@@H](N(C)C(=O)C4CCOCC4)CC3)nc2c1. The minimum atomic E-state index is -0.491. The van der Waals surface area contributed by atoms with E-state index in [1.54, 1.807) is 13.2 Å². The zero-order chi connectivity index (χ0) is 26.6. The van der Waals surface area contributed by atoms with Crippen LogP contribution in [0.5, 0.6) is 11.8 Å². The number of nitrogens with one attached hydrogen (secondary N) is 1. The van der Waals surface area contributed by atoms with E-state index in [4.69, 9.17) is 25.8 Å². The summed E-state index contributed by atoms with van der Waals surface area (Å²) in [6.45, 7) is 1.32. The maximum atomic E-state index is 13.7. The summed E-state index contributed by atoms with van der Waals surface area (Å²) in [6, 6.07) is 10.4. The van der Waals surface area contributed by atoms with E-state index in [1.165, 1.54) is 12.1 Å². The lowest BCUT2D eigenvalue weighted by atomic mass is 9.90. The Balaban J connectivity index is 1.29. The maximum absolute atomic E-state index is 13.7. The van der Waals surface area contributed by atoms with Gasteiger partial charge >= 0.3 is 6.01 Å². The fraction of sp³-hybridized carbons (Fsp3) is 0.464. The first kappa shape index (κ1) is 26.4. The summed E-state index contributed by atoms with van der Waals surface area (Å²) in [5, 5.41) is 4.00. The third-order valence-electron chi connectivity index (χ3n) is 7.45. The van der Waals surface area contributed by atoms with Gasteiger partial charge in [0.15, 0.2) is 0 Å². The van der Waals surface area contributed by atoms with Crippen molar-refractivity contribution >= 4 is 39.9 Å². The number of anilines is 2. The monoisotopic (exact) mass is 542 g/mol. The first-order valence-electron chi connectivity index (χ1n) is 13.0. The smallest absolute Gasteiger partial charge is 0.319 e. The van der Waals surface area contributed by atoms with Crippen molar-refractivity contribution in [1.29, 1.82) is 0 Å². The summed E-state index contributed by atoms with van der Waals surface area (Å²) in [7, 11) is 3.52. The van der Waals surface area contributed by atoms with Crippen LogP contribution in [0, 0.1) is 11.7 Å². The molecule has 38 heavy (non-hydrogen) atoms. The van der Waals surface area contributed by atoms with Crippen molar-refractivity contribution in [2.75, 3.05) is 32.7 Å². The number of hydrogen-bond acceptors (Lipinski definition) is 7. The fourth-order valence-corrected chi connectivity index (χ4v) is 5.37. The van der Waals surface area contributed by atoms with Crippen LogP contribution in [-0.4, -0.2) is 60.3 Å². The van der Waals surface area contributed by atoms with E-state index in [1.807, 2.05) is 30.1 Å². The van der Waals surface area contributed by atoms with Crippen molar-refractivity contribution in [1.82, 2.24) is 14.9 Å². The second kappa shape index (κ2) is 11.7. The van der Waals surface area contributed by atoms with Gasteiger partial charge in [-0.1, -0.05) is 11.6 Å². The predicted octanol–water partition coefficient (Wildman–Crippen LogP) is 5.75. The molecule has 1 saturated carbocycles. The van der Waals surface area contributed by atoms with Crippen LogP contribution in [0.15, 0.2) is 36.4 Å². The van der Waals surface area contributed by atoms with Gasteiger partial charge in [-0.15, -0.1) is 0 Å². The Morgan fingerprint density at radius 1 is 1.08 bits per heavy atom. The van der Waals surface area contributed by atoms with Crippen molar-refractivity contribution in [3.05, 3.63) is 47.2 Å². The summed E-state index contributed by atoms with van der Waals surface area (Å²) in [6.07, 6.45) is 4.85. The molecular weight excluding hydrogens is 511 g/mol. The molecule has 10 heteroatoms. The number of benzene rings is 2. The molecule has 2 fully saturated rings. The standard InChI is InChI=1S/C28H32ClFN4O4/c1-34(27(35)17-11-13-37-14-12-17)19-4-6-20(7-5-19)38-28-32-25-16-21(36-2)8-9-22(25)26(33-28)31-18-3-10-24(30)23(29)15-18/h3,8-10,15-17,19-20H,4-7,11-14H2,1-2H3,(H,31,32,33)/t19-,20+. The molecule has 1 aromatic heterocycles. The summed E-state index contributed by atoms with van der Waals surface area (Å²) in [4.78, 5) is 24.2. The molecule has 0 unspecified atom stereocenters. The number of amides is 1.